The number of esters is 1. The van der Waals surface area contributed by atoms with Crippen LogP contribution < -0.4 is 5.32 Å². The number of carbonyl (C=O) groups excluding carboxylic acids is 2. The van der Waals surface area contributed by atoms with Gasteiger partial charge in [0.25, 0.3) is 0 Å². The number of amides is 1. The zero-order valence-electron chi connectivity index (χ0n) is 11.6. The number of carbonyl (C=O) groups is 2. The summed E-state index contributed by atoms with van der Waals surface area (Å²) in [6, 6.07) is 0. The fourth-order valence-corrected chi connectivity index (χ4v) is 1.95. The van der Waals surface area contributed by atoms with E-state index in [-0.39, 0.29) is 19.3 Å². The normalized spacial score (nSPS) is 32.5. The molecule has 1 fully saturated rings. The maximum Gasteiger partial charge on any atom is 0.305 e. The number of methoxy groups -OCH3 is 1. The third kappa shape index (κ3) is 4.90. The maximum atomic E-state index is 11.6. The molecule has 1 aliphatic rings. The lowest BCUT2D eigenvalue weighted by molar-refractivity contribution is -0.236. The van der Waals surface area contributed by atoms with Gasteiger partial charge in [-0.3, -0.25) is 9.59 Å². The van der Waals surface area contributed by atoms with Gasteiger partial charge in [0.2, 0.25) is 5.91 Å². The molecule has 0 aromatic carbocycles. The minimum absolute atomic E-state index is 0.00409. The van der Waals surface area contributed by atoms with E-state index in [1.807, 2.05) is 0 Å². The lowest BCUT2D eigenvalue weighted by atomic mass is 9.98. The molecule has 0 saturated carbocycles. The summed E-state index contributed by atoms with van der Waals surface area (Å²) in [5, 5.41) is 40.2. The van der Waals surface area contributed by atoms with E-state index in [4.69, 9.17) is 9.84 Å². The maximum absolute atomic E-state index is 11.6. The Morgan fingerprint density at radius 2 is 1.81 bits per heavy atom. The fourth-order valence-electron chi connectivity index (χ4n) is 1.95. The Morgan fingerprint density at radius 3 is 2.38 bits per heavy atom. The van der Waals surface area contributed by atoms with Gasteiger partial charge in [-0.05, 0) is 6.42 Å². The van der Waals surface area contributed by atoms with Crippen LogP contribution in [0.15, 0.2) is 0 Å². The molecular formula is C12H21NO8. The first-order valence-corrected chi connectivity index (χ1v) is 6.57. The number of aliphatic hydroxyl groups excluding tert-OH is 4. The molecule has 5 N–H and O–H groups in total. The van der Waals surface area contributed by atoms with Gasteiger partial charge in [-0.15, -0.1) is 0 Å². The summed E-state index contributed by atoms with van der Waals surface area (Å²) in [7, 11) is 1.25. The summed E-state index contributed by atoms with van der Waals surface area (Å²) in [4.78, 5) is 22.5. The van der Waals surface area contributed by atoms with Gasteiger partial charge in [0.15, 0.2) is 6.23 Å². The summed E-state index contributed by atoms with van der Waals surface area (Å²) in [5.41, 5.74) is 0. The van der Waals surface area contributed by atoms with Gasteiger partial charge in [0.1, 0.15) is 24.4 Å². The molecule has 9 heteroatoms. The molecule has 21 heavy (non-hydrogen) atoms. The summed E-state index contributed by atoms with van der Waals surface area (Å²) in [5.74, 6) is -0.932. The first kappa shape index (κ1) is 17.8. The molecule has 5 atom stereocenters. The molecular weight excluding hydrogens is 286 g/mol. The van der Waals surface area contributed by atoms with Crippen LogP contribution >= 0.6 is 0 Å². The minimum Gasteiger partial charge on any atom is -0.469 e. The monoisotopic (exact) mass is 307 g/mol. The largest absolute Gasteiger partial charge is 0.469 e. The molecule has 122 valence electrons. The van der Waals surface area contributed by atoms with E-state index >= 15 is 0 Å². The van der Waals surface area contributed by atoms with Gasteiger partial charge >= 0.3 is 5.97 Å². The van der Waals surface area contributed by atoms with Gasteiger partial charge in [-0.25, -0.2) is 0 Å². The molecule has 9 nitrogen and oxygen atoms in total. The molecule has 0 spiro atoms. The van der Waals surface area contributed by atoms with Crippen LogP contribution in [0.5, 0.6) is 0 Å². The number of hydrogen-bond acceptors (Lipinski definition) is 8. The standard InChI is InChI=1S/C12H21NO8/c1-20-8(16)4-2-3-7(15)13-12-11(19)10(18)9(17)6(5-14)21-12/h6,9-12,14,17-19H,2-5H2,1H3,(H,13,15)/t6-,9-,10+,11-,12-/m1/s1. The smallest absolute Gasteiger partial charge is 0.305 e. The van der Waals surface area contributed by atoms with Gasteiger partial charge in [-0.1, -0.05) is 0 Å². The number of hydrogen-bond donors (Lipinski definition) is 5. The average Bonchev–Trinajstić information content (AvgIpc) is 2.47. The van der Waals surface area contributed by atoms with Crippen molar-refractivity contribution in [3.05, 3.63) is 0 Å². The van der Waals surface area contributed by atoms with Gasteiger partial charge in [-0.2, -0.15) is 0 Å². The Bertz CT molecular complexity index is 361. The molecule has 1 rings (SSSR count). The van der Waals surface area contributed by atoms with Crippen molar-refractivity contribution >= 4 is 11.9 Å². The summed E-state index contributed by atoms with van der Waals surface area (Å²) in [6.45, 7) is -0.570. The quantitative estimate of drug-likeness (QED) is 0.332. The highest BCUT2D eigenvalue weighted by Gasteiger charge is 2.43. The third-order valence-electron chi connectivity index (χ3n) is 3.21. The zero-order chi connectivity index (χ0) is 16.0. The Kier molecular flexibility index (Phi) is 6.99. The molecule has 1 heterocycles. The van der Waals surface area contributed by atoms with Crippen LogP contribution in [-0.2, 0) is 19.1 Å². The number of nitrogens with one attached hydrogen (secondary N) is 1. The van der Waals surface area contributed by atoms with E-state index in [2.05, 4.69) is 10.1 Å². The molecule has 1 saturated heterocycles. The third-order valence-corrected chi connectivity index (χ3v) is 3.21. The number of rotatable bonds is 6. The highest BCUT2D eigenvalue weighted by Crippen LogP contribution is 2.19. The predicted molar refractivity (Wildman–Crippen MR) is 67.8 cm³/mol. The number of aliphatic hydroxyl groups is 4. The van der Waals surface area contributed by atoms with Crippen molar-refractivity contribution < 1.29 is 39.5 Å². The minimum atomic E-state index is -1.55. The summed E-state index contributed by atoms with van der Waals surface area (Å²) in [6.07, 6.45) is -6.52. The van der Waals surface area contributed by atoms with Crippen LogP contribution in [-0.4, -0.2) is 76.7 Å². The van der Waals surface area contributed by atoms with Gasteiger partial charge in [0, 0.05) is 12.8 Å². The first-order chi connectivity index (χ1) is 9.90. The molecule has 0 bridgehead atoms. The lowest BCUT2D eigenvalue weighted by Crippen LogP contribution is -2.63. The predicted octanol–water partition coefficient (Wildman–Crippen LogP) is -2.75. The highest BCUT2D eigenvalue weighted by molar-refractivity contribution is 5.77. The second-order valence-electron chi connectivity index (χ2n) is 4.75. The van der Waals surface area contributed by atoms with E-state index in [1.54, 1.807) is 0 Å². The Hall–Kier alpha value is -1.26. The van der Waals surface area contributed by atoms with Gasteiger partial charge in [0.05, 0.1) is 13.7 Å². The van der Waals surface area contributed by atoms with Crippen LogP contribution in [0.1, 0.15) is 19.3 Å². The van der Waals surface area contributed by atoms with Crippen LogP contribution in [0, 0.1) is 0 Å². The van der Waals surface area contributed by atoms with Crippen molar-refractivity contribution in [2.24, 2.45) is 0 Å². The van der Waals surface area contributed by atoms with Gasteiger partial charge < -0.3 is 35.2 Å². The van der Waals surface area contributed by atoms with E-state index in [0.717, 1.165) is 0 Å². The summed E-state index contributed by atoms with van der Waals surface area (Å²) >= 11 is 0. The second kappa shape index (κ2) is 8.25. The van der Waals surface area contributed by atoms with E-state index < -0.39 is 49.1 Å². The summed E-state index contributed by atoms with van der Waals surface area (Å²) < 4.78 is 9.55. The van der Waals surface area contributed by atoms with E-state index in [0.29, 0.717) is 0 Å². The molecule has 0 aliphatic carbocycles. The number of ether oxygens (including phenoxy) is 2. The van der Waals surface area contributed by atoms with Crippen LogP contribution in [0.3, 0.4) is 0 Å². The molecule has 0 unspecified atom stereocenters. The molecule has 1 amide bonds. The lowest BCUT2D eigenvalue weighted by Gasteiger charge is -2.40. The van der Waals surface area contributed by atoms with Crippen LogP contribution in [0.25, 0.3) is 0 Å². The van der Waals surface area contributed by atoms with Crippen molar-refractivity contribution in [3.8, 4) is 0 Å². The molecule has 0 aromatic rings. The van der Waals surface area contributed by atoms with Crippen molar-refractivity contribution in [3.63, 3.8) is 0 Å². The van der Waals surface area contributed by atoms with E-state index in [9.17, 15) is 24.9 Å². The van der Waals surface area contributed by atoms with Crippen LogP contribution in [0.4, 0.5) is 0 Å². The van der Waals surface area contributed by atoms with Crippen molar-refractivity contribution in [1.82, 2.24) is 5.32 Å². The highest BCUT2D eigenvalue weighted by atomic mass is 16.6. The Labute approximate surface area is 121 Å². The SMILES string of the molecule is COC(=O)CCCC(=O)N[C@@H]1O[C@H](CO)[C@@H](O)[C@H](O)[C@H]1O. The molecule has 0 radical (unpaired) electrons. The fraction of sp³-hybridized carbons (Fsp3) is 0.833. The molecule has 0 aromatic heterocycles. The second-order valence-corrected chi connectivity index (χ2v) is 4.75. The van der Waals surface area contributed by atoms with Crippen molar-refractivity contribution in [2.45, 2.75) is 49.9 Å². The Morgan fingerprint density at radius 1 is 1.14 bits per heavy atom. The average molecular weight is 307 g/mol. The van der Waals surface area contributed by atoms with Crippen LogP contribution in [0.2, 0.25) is 0 Å². The van der Waals surface area contributed by atoms with Crippen molar-refractivity contribution in [1.29, 1.82) is 0 Å². The topological polar surface area (TPSA) is 146 Å². The zero-order valence-corrected chi connectivity index (χ0v) is 11.6. The van der Waals surface area contributed by atoms with E-state index in [1.165, 1.54) is 7.11 Å². The molecule has 1 aliphatic heterocycles. The Balaban J connectivity index is 2.45. The first-order valence-electron chi connectivity index (χ1n) is 6.57. The van der Waals surface area contributed by atoms with Crippen molar-refractivity contribution in [2.75, 3.05) is 13.7 Å².